The van der Waals surface area contributed by atoms with Crippen LogP contribution in [0, 0.1) is 13.8 Å². The van der Waals surface area contributed by atoms with Crippen LogP contribution in [-0.4, -0.2) is 58.6 Å². The summed E-state index contributed by atoms with van der Waals surface area (Å²) in [5.41, 5.74) is 3.54. The molecule has 0 aliphatic carbocycles. The molecule has 8 nitrogen and oxygen atoms in total. The maximum atomic E-state index is 12.9. The third-order valence-corrected chi connectivity index (χ3v) is 5.66. The molecule has 0 radical (unpaired) electrons. The summed E-state index contributed by atoms with van der Waals surface area (Å²) in [6.45, 7) is 5.83. The Bertz CT molecular complexity index is 1160. The number of ether oxygens (including phenoxy) is 1. The molecule has 33 heavy (non-hydrogen) atoms. The lowest BCUT2D eigenvalue weighted by atomic mass is 10.1. The van der Waals surface area contributed by atoms with E-state index >= 15 is 0 Å². The van der Waals surface area contributed by atoms with Gasteiger partial charge < -0.3 is 15.0 Å². The standard InChI is InChI=1S/C25H26N4O4/c1-17-23(18(2)29(27-17)21-6-4-3-5-7-21)24(31)25(32)26-20-10-8-19(9-11-20)16-22(30)28-12-14-33-15-13-28/h3-11H,12-16H2,1-2H3,(H,26,32). The van der Waals surface area contributed by atoms with Crippen molar-refractivity contribution in [3.05, 3.63) is 77.1 Å². The second-order valence-corrected chi connectivity index (χ2v) is 7.94. The number of benzene rings is 2. The molecule has 0 atom stereocenters. The molecule has 1 fully saturated rings. The Morgan fingerprint density at radius 3 is 2.30 bits per heavy atom. The number of ketones is 1. The van der Waals surface area contributed by atoms with Crippen LogP contribution in [-0.2, 0) is 20.7 Å². The first-order chi connectivity index (χ1) is 15.9. The Morgan fingerprint density at radius 2 is 1.64 bits per heavy atom. The third-order valence-electron chi connectivity index (χ3n) is 5.66. The highest BCUT2D eigenvalue weighted by molar-refractivity contribution is 6.47. The zero-order valence-corrected chi connectivity index (χ0v) is 18.7. The van der Waals surface area contributed by atoms with E-state index in [1.54, 1.807) is 47.7 Å². The predicted molar refractivity (Wildman–Crippen MR) is 124 cm³/mol. The minimum Gasteiger partial charge on any atom is -0.378 e. The van der Waals surface area contributed by atoms with Gasteiger partial charge in [-0.1, -0.05) is 30.3 Å². The third kappa shape index (κ3) is 5.01. The van der Waals surface area contributed by atoms with Crippen molar-refractivity contribution in [2.24, 2.45) is 0 Å². The lowest BCUT2D eigenvalue weighted by molar-refractivity contribution is -0.134. The fourth-order valence-electron chi connectivity index (χ4n) is 3.90. The Balaban J connectivity index is 1.42. The Labute approximate surface area is 192 Å². The van der Waals surface area contributed by atoms with E-state index < -0.39 is 11.7 Å². The molecular weight excluding hydrogens is 420 g/mol. The maximum Gasteiger partial charge on any atom is 0.296 e. The monoisotopic (exact) mass is 446 g/mol. The number of anilines is 1. The Kier molecular flexibility index (Phi) is 6.65. The molecule has 2 amide bonds. The molecule has 1 N–H and O–H groups in total. The molecule has 0 saturated carbocycles. The molecule has 0 bridgehead atoms. The summed E-state index contributed by atoms with van der Waals surface area (Å²) >= 11 is 0. The van der Waals surface area contributed by atoms with E-state index in [0.717, 1.165) is 11.3 Å². The van der Waals surface area contributed by atoms with E-state index in [-0.39, 0.29) is 12.3 Å². The van der Waals surface area contributed by atoms with Gasteiger partial charge in [-0.2, -0.15) is 5.10 Å². The van der Waals surface area contributed by atoms with Gasteiger partial charge in [-0.3, -0.25) is 14.4 Å². The zero-order chi connectivity index (χ0) is 23.4. The smallest absolute Gasteiger partial charge is 0.296 e. The van der Waals surface area contributed by atoms with Crippen LogP contribution in [0.1, 0.15) is 27.3 Å². The highest BCUT2D eigenvalue weighted by atomic mass is 16.5. The van der Waals surface area contributed by atoms with Crippen LogP contribution in [0.15, 0.2) is 54.6 Å². The summed E-state index contributed by atoms with van der Waals surface area (Å²) in [6, 6.07) is 16.4. The number of carbonyl (C=O) groups is 3. The van der Waals surface area contributed by atoms with Crippen molar-refractivity contribution in [2.45, 2.75) is 20.3 Å². The fraction of sp³-hybridized carbons (Fsp3) is 0.280. The summed E-state index contributed by atoms with van der Waals surface area (Å²) in [5.74, 6) is -1.32. The molecule has 1 aliphatic rings. The minimum absolute atomic E-state index is 0.0478. The topological polar surface area (TPSA) is 93.5 Å². The summed E-state index contributed by atoms with van der Waals surface area (Å²) in [5, 5.41) is 7.09. The van der Waals surface area contributed by atoms with E-state index in [1.165, 1.54) is 0 Å². The number of hydrogen-bond donors (Lipinski definition) is 1. The number of hydrogen-bond acceptors (Lipinski definition) is 5. The van der Waals surface area contributed by atoms with Gasteiger partial charge in [0.15, 0.2) is 0 Å². The van der Waals surface area contributed by atoms with E-state index in [0.29, 0.717) is 48.9 Å². The first kappa shape index (κ1) is 22.4. The number of Topliss-reactive ketones (excluding diaryl/α,β-unsaturated/α-hetero) is 1. The van der Waals surface area contributed by atoms with Crippen molar-refractivity contribution in [1.82, 2.24) is 14.7 Å². The summed E-state index contributed by atoms with van der Waals surface area (Å²) in [4.78, 5) is 39.7. The number of aromatic nitrogens is 2. The first-order valence-corrected chi connectivity index (χ1v) is 10.9. The van der Waals surface area contributed by atoms with Crippen molar-refractivity contribution >= 4 is 23.3 Å². The predicted octanol–water partition coefficient (Wildman–Crippen LogP) is 2.71. The van der Waals surface area contributed by atoms with E-state index in [4.69, 9.17) is 4.74 Å². The van der Waals surface area contributed by atoms with Crippen LogP contribution in [0.25, 0.3) is 5.69 Å². The normalized spacial score (nSPS) is 13.6. The highest BCUT2D eigenvalue weighted by Crippen LogP contribution is 2.19. The first-order valence-electron chi connectivity index (χ1n) is 10.9. The maximum absolute atomic E-state index is 12.9. The van der Waals surface area contributed by atoms with E-state index in [9.17, 15) is 14.4 Å². The van der Waals surface area contributed by atoms with Crippen LogP contribution in [0.4, 0.5) is 5.69 Å². The molecule has 170 valence electrons. The largest absolute Gasteiger partial charge is 0.378 e. The number of para-hydroxylation sites is 1. The lowest BCUT2D eigenvalue weighted by Gasteiger charge is -2.26. The average Bonchev–Trinajstić information content (AvgIpc) is 3.14. The van der Waals surface area contributed by atoms with Crippen molar-refractivity contribution in [3.8, 4) is 5.69 Å². The molecule has 1 aliphatic heterocycles. The van der Waals surface area contributed by atoms with Gasteiger partial charge in [0.1, 0.15) is 0 Å². The average molecular weight is 447 g/mol. The van der Waals surface area contributed by atoms with Crippen LogP contribution < -0.4 is 5.32 Å². The number of nitrogens with zero attached hydrogens (tertiary/aromatic N) is 3. The summed E-state index contributed by atoms with van der Waals surface area (Å²) < 4.78 is 6.94. The number of amides is 2. The van der Waals surface area contributed by atoms with Gasteiger partial charge in [-0.05, 0) is 43.7 Å². The van der Waals surface area contributed by atoms with E-state index in [2.05, 4.69) is 10.4 Å². The van der Waals surface area contributed by atoms with Crippen LogP contribution in [0.2, 0.25) is 0 Å². The molecule has 0 spiro atoms. The molecule has 3 aromatic rings. The molecule has 1 saturated heterocycles. The Hall–Kier alpha value is -3.78. The summed E-state index contributed by atoms with van der Waals surface area (Å²) in [7, 11) is 0. The number of nitrogens with one attached hydrogen (secondary N) is 1. The van der Waals surface area contributed by atoms with Gasteiger partial charge in [-0.15, -0.1) is 0 Å². The Morgan fingerprint density at radius 1 is 0.970 bits per heavy atom. The van der Waals surface area contributed by atoms with Gasteiger partial charge >= 0.3 is 0 Å². The molecule has 4 rings (SSSR count). The second kappa shape index (κ2) is 9.79. The van der Waals surface area contributed by atoms with E-state index in [1.807, 2.05) is 30.3 Å². The molecule has 0 unspecified atom stereocenters. The zero-order valence-electron chi connectivity index (χ0n) is 18.7. The number of morpholine rings is 1. The van der Waals surface area contributed by atoms with Crippen LogP contribution in [0.5, 0.6) is 0 Å². The van der Waals surface area contributed by atoms with Crippen molar-refractivity contribution < 1.29 is 19.1 Å². The van der Waals surface area contributed by atoms with Gasteiger partial charge in [0.05, 0.1) is 42.3 Å². The van der Waals surface area contributed by atoms with Gasteiger partial charge in [0, 0.05) is 18.8 Å². The SMILES string of the molecule is Cc1nn(-c2ccccc2)c(C)c1C(=O)C(=O)Nc1ccc(CC(=O)N2CCOCC2)cc1. The molecule has 2 heterocycles. The van der Waals surface area contributed by atoms with Crippen molar-refractivity contribution in [1.29, 1.82) is 0 Å². The molecule has 2 aromatic carbocycles. The van der Waals surface area contributed by atoms with Crippen molar-refractivity contribution in [2.75, 3.05) is 31.6 Å². The number of rotatable bonds is 6. The van der Waals surface area contributed by atoms with Gasteiger partial charge in [-0.25, -0.2) is 4.68 Å². The number of aryl methyl sites for hydroxylation is 1. The summed E-state index contributed by atoms with van der Waals surface area (Å²) in [6.07, 6.45) is 0.282. The second-order valence-electron chi connectivity index (χ2n) is 7.94. The van der Waals surface area contributed by atoms with Crippen LogP contribution in [0.3, 0.4) is 0 Å². The van der Waals surface area contributed by atoms with Crippen LogP contribution >= 0.6 is 0 Å². The van der Waals surface area contributed by atoms with Gasteiger partial charge in [0.25, 0.3) is 11.7 Å². The molecular formula is C25H26N4O4. The highest BCUT2D eigenvalue weighted by Gasteiger charge is 2.25. The fourth-order valence-corrected chi connectivity index (χ4v) is 3.90. The number of carbonyl (C=O) groups excluding carboxylic acids is 3. The molecule has 1 aromatic heterocycles. The lowest BCUT2D eigenvalue weighted by Crippen LogP contribution is -2.41. The minimum atomic E-state index is -0.731. The molecule has 8 heteroatoms. The quantitative estimate of drug-likeness (QED) is 0.464. The van der Waals surface area contributed by atoms with Gasteiger partial charge in [0.2, 0.25) is 5.91 Å². The van der Waals surface area contributed by atoms with Crippen molar-refractivity contribution in [3.63, 3.8) is 0 Å².